The van der Waals surface area contributed by atoms with Gasteiger partial charge in [-0.25, -0.2) is 0 Å². The van der Waals surface area contributed by atoms with E-state index in [2.05, 4.69) is 0 Å². The lowest BCUT2D eigenvalue weighted by Gasteiger charge is -2.35. The first-order valence-electron chi connectivity index (χ1n) is 6.36. The van der Waals surface area contributed by atoms with Gasteiger partial charge in [-0.15, -0.1) is 23.2 Å². The van der Waals surface area contributed by atoms with Gasteiger partial charge in [-0.2, -0.15) is 0 Å². The fourth-order valence-electron chi connectivity index (χ4n) is 3.51. The van der Waals surface area contributed by atoms with E-state index in [1.807, 2.05) is 0 Å². The SMILES string of the molecule is O=C(C1(CCl)CCCC1)C1(CCl)CCCC1. The maximum absolute atomic E-state index is 12.8. The minimum atomic E-state index is -0.235. The number of hydrogen-bond acceptors (Lipinski definition) is 1. The normalized spacial score (nSPS) is 27.1. The molecular formula is C13H20Cl2O. The smallest absolute Gasteiger partial charge is 0.147 e. The predicted molar refractivity (Wildman–Crippen MR) is 68.2 cm³/mol. The molecule has 0 radical (unpaired) electrons. The summed E-state index contributed by atoms with van der Waals surface area (Å²) in [6, 6.07) is 0. The molecule has 16 heavy (non-hydrogen) atoms. The van der Waals surface area contributed by atoms with Crippen LogP contribution in [0.2, 0.25) is 0 Å². The third-order valence-electron chi connectivity index (χ3n) is 4.60. The molecule has 0 spiro atoms. The van der Waals surface area contributed by atoms with Gasteiger partial charge in [0, 0.05) is 22.6 Å². The summed E-state index contributed by atoms with van der Waals surface area (Å²) in [5, 5.41) is 0. The third-order valence-corrected chi connectivity index (χ3v) is 5.62. The van der Waals surface area contributed by atoms with Crippen LogP contribution >= 0.6 is 23.2 Å². The van der Waals surface area contributed by atoms with Crippen LogP contribution in [0.3, 0.4) is 0 Å². The van der Waals surface area contributed by atoms with Gasteiger partial charge in [-0.3, -0.25) is 4.79 Å². The van der Waals surface area contributed by atoms with Gasteiger partial charge in [0.15, 0.2) is 0 Å². The lowest BCUT2D eigenvalue weighted by atomic mass is 9.69. The lowest BCUT2D eigenvalue weighted by Crippen LogP contribution is -2.43. The Hall–Kier alpha value is 0.250. The zero-order valence-corrected chi connectivity index (χ0v) is 11.2. The standard InChI is InChI=1S/C13H20Cl2O/c14-9-12(5-1-2-6-12)11(16)13(10-15)7-3-4-8-13/h1-10H2. The van der Waals surface area contributed by atoms with Crippen LogP contribution in [-0.2, 0) is 4.79 Å². The molecule has 0 aromatic rings. The number of carbonyl (C=O) groups excluding carboxylic acids is 1. The molecule has 0 aromatic carbocycles. The Morgan fingerprint density at radius 3 is 1.38 bits per heavy atom. The third kappa shape index (κ3) is 1.90. The second-order valence-electron chi connectivity index (χ2n) is 5.57. The molecule has 0 heterocycles. The van der Waals surface area contributed by atoms with E-state index in [9.17, 15) is 4.79 Å². The molecule has 2 aliphatic rings. The second-order valence-corrected chi connectivity index (χ2v) is 6.11. The van der Waals surface area contributed by atoms with Crippen molar-refractivity contribution in [2.45, 2.75) is 51.4 Å². The molecule has 0 saturated heterocycles. The number of alkyl halides is 2. The maximum Gasteiger partial charge on any atom is 0.147 e. The van der Waals surface area contributed by atoms with Crippen molar-refractivity contribution < 1.29 is 4.79 Å². The molecule has 0 atom stereocenters. The van der Waals surface area contributed by atoms with Gasteiger partial charge in [0.2, 0.25) is 0 Å². The van der Waals surface area contributed by atoms with E-state index in [4.69, 9.17) is 23.2 Å². The van der Waals surface area contributed by atoms with Crippen molar-refractivity contribution in [2.24, 2.45) is 10.8 Å². The van der Waals surface area contributed by atoms with Crippen LogP contribution in [0.5, 0.6) is 0 Å². The van der Waals surface area contributed by atoms with Crippen LogP contribution in [0.25, 0.3) is 0 Å². The van der Waals surface area contributed by atoms with Crippen LogP contribution in [0.15, 0.2) is 0 Å². The lowest BCUT2D eigenvalue weighted by molar-refractivity contribution is -0.136. The predicted octanol–water partition coefficient (Wildman–Crippen LogP) is 4.15. The highest BCUT2D eigenvalue weighted by atomic mass is 35.5. The Labute approximate surface area is 108 Å². The summed E-state index contributed by atoms with van der Waals surface area (Å²) in [6.45, 7) is 0. The van der Waals surface area contributed by atoms with E-state index >= 15 is 0 Å². The zero-order valence-electron chi connectivity index (χ0n) is 9.74. The summed E-state index contributed by atoms with van der Waals surface area (Å²) in [7, 11) is 0. The highest BCUT2D eigenvalue weighted by molar-refractivity contribution is 6.22. The molecule has 0 unspecified atom stereocenters. The minimum Gasteiger partial charge on any atom is -0.298 e. The minimum absolute atomic E-state index is 0.235. The first kappa shape index (κ1) is 12.7. The van der Waals surface area contributed by atoms with Crippen molar-refractivity contribution in [3.8, 4) is 0 Å². The molecule has 2 fully saturated rings. The fraction of sp³-hybridized carbons (Fsp3) is 0.923. The van der Waals surface area contributed by atoms with Gasteiger partial charge in [-0.1, -0.05) is 25.7 Å². The number of hydrogen-bond donors (Lipinski definition) is 0. The molecule has 3 heteroatoms. The van der Waals surface area contributed by atoms with E-state index in [0.717, 1.165) is 51.4 Å². The first-order valence-corrected chi connectivity index (χ1v) is 7.43. The molecule has 0 aliphatic heterocycles. The zero-order chi connectivity index (χ0) is 11.6. The highest BCUT2D eigenvalue weighted by Gasteiger charge is 2.51. The molecule has 0 aromatic heterocycles. The molecule has 2 rings (SSSR count). The van der Waals surface area contributed by atoms with Gasteiger partial charge in [0.1, 0.15) is 5.78 Å². The van der Waals surface area contributed by atoms with Crippen LogP contribution in [-0.4, -0.2) is 17.5 Å². The molecular weight excluding hydrogens is 243 g/mol. The van der Waals surface area contributed by atoms with Crippen molar-refractivity contribution >= 4 is 29.0 Å². The van der Waals surface area contributed by atoms with Crippen LogP contribution in [0.1, 0.15) is 51.4 Å². The molecule has 0 amide bonds. The summed E-state index contributed by atoms with van der Waals surface area (Å²) in [6.07, 6.45) is 8.52. The van der Waals surface area contributed by atoms with Crippen LogP contribution in [0, 0.1) is 10.8 Å². The molecule has 2 saturated carbocycles. The molecule has 92 valence electrons. The Balaban J connectivity index is 2.21. The second kappa shape index (κ2) is 4.86. The summed E-state index contributed by atoms with van der Waals surface area (Å²) in [4.78, 5) is 12.8. The van der Waals surface area contributed by atoms with Gasteiger partial charge < -0.3 is 0 Å². The first-order chi connectivity index (χ1) is 7.69. The number of halogens is 2. The Morgan fingerprint density at radius 2 is 1.12 bits per heavy atom. The molecule has 0 N–H and O–H groups in total. The summed E-state index contributed by atoms with van der Waals surface area (Å²) in [5.41, 5.74) is -0.471. The Kier molecular flexibility index (Phi) is 3.86. The molecule has 2 aliphatic carbocycles. The molecule has 0 bridgehead atoms. The summed E-state index contributed by atoms with van der Waals surface area (Å²) < 4.78 is 0. The number of carbonyl (C=O) groups is 1. The summed E-state index contributed by atoms with van der Waals surface area (Å²) >= 11 is 12.2. The van der Waals surface area contributed by atoms with Gasteiger partial charge in [0.25, 0.3) is 0 Å². The Morgan fingerprint density at radius 1 is 0.812 bits per heavy atom. The van der Waals surface area contributed by atoms with Gasteiger partial charge >= 0.3 is 0 Å². The quantitative estimate of drug-likeness (QED) is 0.696. The van der Waals surface area contributed by atoms with Crippen molar-refractivity contribution in [1.82, 2.24) is 0 Å². The van der Waals surface area contributed by atoms with Crippen LogP contribution < -0.4 is 0 Å². The monoisotopic (exact) mass is 262 g/mol. The van der Waals surface area contributed by atoms with E-state index in [0.29, 0.717) is 17.5 Å². The van der Waals surface area contributed by atoms with E-state index in [-0.39, 0.29) is 10.8 Å². The maximum atomic E-state index is 12.8. The van der Waals surface area contributed by atoms with Gasteiger partial charge in [-0.05, 0) is 25.7 Å². The largest absolute Gasteiger partial charge is 0.298 e. The van der Waals surface area contributed by atoms with E-state index in [1.165, 1.54) is 0 Å². The Bertz CT molecular complexity index is 237. The average molecular weight is 263 g/mol. The fourth-order valence-corrected chi connectivity index (χ4v) is 4.29. The van der Waals surface area contributed by atoms with Crippen molar-refractivity contribution in [3.05, 3.63) is 0 Å². The highest BCUT2D eigenvalue weighted by Crippen LogP contribution is 2.50. The topological polar surface area (TPSA) is 17.1 Å². The van der Waals surface area contributed by atoms with Gasteiger partial charge in [0.05, 0.1) is 0 Å². The van der Waals surface area contributed by atoms with Crippen LogP contribution in [0.4, 0.5) is 0 Å². The average Bonchev–Trinajstić information content (AvgIpc) is 2.99. The van der Waals surface area contributed by atoms with E-state index < -0.39 is 0 Å². The van der Waals surface area contributed by atoms with Crippen molar-refractivity contribution in [1.29, 1.82) is 0 Å². The number of rotatable bonds is 4. The van der Waals surface area contributed by atoms with Crippen molar-refractivity contribution in [2.75, 3.05) is 11.8 Å². The number of Topliss-reactive ketones (excluding diaryl/α,β-unsaturated/α-hetero) is 1. The molecule has 1 nitrogen and oxygen atoms in total. The van der Waals surface area contributed by atoms with Crippen molar-refractivity contribution in [3.63, 3.8) is 0 Å². The van der Waals surface area contributed by atoms with E-state index in [1.54, 1.807) is 0 Å². The number of ketones is 1. The summed E-state index contributed by atoms with van der Waals surface area (Å²) in [5.74, 6) is 1.37.